The Morgan fingerprint density at radius 3 is 2.52 bits per heavy atom. The molecule has 0 bridgehead atoms. The Hall–Kier alpha value is -2.78. The van der Waals surface area contributed by atoms with E-state index in [4.69, 9.17) is 11.6 Å². The summed E-state index contributed by atoms with van der Waals surface area (Å²) in [5.41, 5.74) is 3.97. The Labute approximate surface area is 251 Å². The molecule has 206 valence electrons. The van der Waals surface area contributed by atoms with Crippen LogP contribution in [0.2, 0.25) is 5.02 Å². The molecule has 0 saturated carbocycles. The molecule has 40 heavy (non-hydrogen) atoms. The number of aromatic amines is 1. The largest absolute Gasteiger partial charge is 0.361 e. The molecule has 2 fully saturated rings. The number of nitrogens with zero attached hydrogens (tertiary/aromatic N) is 2. The minimum atomic E-state index is -1.05. The van der Waals surface area contributed by atoms with E-state index in [1.807, 2.05) is 58.5 Å². The van der Waals surface area contributed by atoms with Crippen molar-refractivity contribution in [3.05, 3.63) is 99.1 Å². The zero-order valence-electron chi connectivity index (χ0n) is 22.1. The van der Waals surface area contributed by atoms with Gasteiger partial charge in [0.05, 0.1) is 12.5 Å². The molecule has 4 aromatic rings. The van der Waals surface area contributed by atoms with Crippen molar-refractivity contribution < 1.29 is 9.59 Å². The summed E-state index contributed by atoms with van der Waals surface area (Å²) in [6.45, 7) is 5.17. The number of aromatic nitrogens is 1. The van der Waals surface area contributed by atoms with Crippen LogP contribution < -0.4 is 5.32 Å². The number of nitrogens with one attached hydrogen (secondary N) is 2. The lowest BCUT2D eigenvalue weighted by molar-refractivity contribution is -0.135. The van der Waals surface area contributed by atoms with Crippen molar-refractivity contribution in [1.82, 2.24) is 20.1 Å². The van der Waals surface area contributed by atoms with Crippen molar-refractivity contribution in [3.63, 3.8) is 0 Å². The molecule has 3 aromatic carbocycles. The van der Waals surface area contributed by atoms with Gasteiger partial charge in [-0.1, -0.05) is 63.4 Å². The summed E-state index contributed by atoms with van der Waals surface area (Å²) >= 11 is 11.4. The third kappa shape index (κ3) is 5.18. The first-order valence-electron chi connectivity index (χ1n) is 13.4. The summed E-state index contributed by atoms with van der Waals surface area (Å²) in [6, 6.07) is 21.5. The van der Waals surface area contributed by atoms with Crippen molar-refractivity contribution in [2.75, 3.05) is 26.2 Å². The molecule has 2 atom stereocenters. The number of benzene rings is 3. The van der Waals surface area contributed by atoms with Gasteiger partial charge in [-0.3, -0.25) is 9.59 Å². The molecule has 2 saturated heterocycles. The van der Waals surface area contributed by atoms with E-state index in [1.54, 1.807) is 0 Å². The summed E-state index contributed by atoms with van der Waals surface area (Å²) in [6.07, 6.45) is 2.07. The van der Waals surface area contributed by atoms with Gasteiger partial charge in [-0.05, 0) is 48.9 Å². The molecule has 0 aliphatic carbocycles. The highest BCUT2D eigenvalue weighted by molar-refractivity contribution is 9.10. The van der Waals surface area contributed by atoms with Crippen molar-refractivity contribution in [2.45, 2.75) is 35.6 Å². The Bertz CT molecular complexity index is 1550. The highest BCUT2D eigenvalue weighted by Gasteiger charge is 2.59. The molecule has 0 spiro atoms. The number of rotatable bonds is 6. The number of thioether (sulfide) groups is 1. The first-order valence-corrected chi connectivity index (χ1v) is 15.4. The maximum absolute atomic E-state index is 14.7. The zero-order chi connectivity index (χ0) is 27.9. The second-order valence-corrected chi connectivity index (χ2v) is 13.3. The minimum Gasteiger partial charge on any atom is -0.361 e. The predicted octanol–water partition coefficient (Wildman–Crippen LogP) is 6.33. The molecular weight excluding hydrogens is 608 g/mol. The van der Waals surface area contributed by atoms with Gasteiger partial charge in [-0.15, -0.1) is 11.8 Å². The lowest BCUT2D eigenvalue weighted by atomic mass is 9.90. The summed E-state index contributed by atoms with van der Waals surface area (Å²) in [4.78, 5) is 37.0. The molecule has 2 unspecified atom stereocenters. The van der Waals surface area contributed by atoms with Gasteiger partial charge < -0.3 is 20.1 Å². The van der Waals surface area contributed by atoms with Crippen LogP contribution in [-0.2, 0) is 16.1 Å². The number of likely N-dealkylation sites (tertiary alicyclic amines) is 1. The van der Waals surface area contributed by atoms with Crippen LogP contribution in [0.5, 0.6) is 0 Å². The van der Waals surface area contributed by atoms with E-state index >= 15 is 0 Å². The van der Waals surface area contributed by atoms with Crippen molar-refractivity contribution in [1.29, 1.82) is 0 Å². The zero-order valence-corrected chi connectivity index (χ0v) is 25.3. The number of piperazine rings is 1. The quantitative estimate of drug-likeness (QED) is 0.259. The van der Waals surface area contributed by atoms with Crippen LogP contribution in [0.1, 0.15) is 29.2 Å². The number of aryl methyl sites for hydroxylation is 1. The van der Waals surface area contributed by atoms with Gasteiger partial charge in [0, 0.05) is 69.8 Å². The first kappa shape index (κ1) is 27.4. The Morgan fingerprint density at radius 1 is 1.07 bits per heavy atom. The molecule has 0 radical (unpaired) electrons. The number of amides is 2. The van der Waals surface area contributed by atoms with Gasteiger partial charge >= 0.3 is 0 Å². The second kappa shape index (κ2) is 11.2. The Kier molecular flexibility index (Phi) is 7.70. The Balaban J connectivity index is 1.53. The average Bonchev–Trinajstić information content (AvgIpc) is 3.48. The van der Waals surface area contributed by atoms with Gasteiger partial charge in [-0.25, -0.2) is 0 Å². The molecule has 6 rings (SSSR count). The fourth-order valence-electron chi connectivity index (χ4n) is 5.83. The average molecular weight is 638 g/mol. The fourth-order valence-corrected chi connectivity index (χ4v) is 7.74. The summed E-state index contributed by atoms with van der Waals surface area (Å²) in [7, 11) is 0. The highest BCUT2D eigenvalue weighted by atomic mass is 79.9. The number of halogens is 2. The van der Waals surface area contributed by atoms with Crippen molar-refractivity contribution >= 4 is 62.0 Å². The standard InChI is InChI=1S/C31H30BrClN4O2S/c1-20-2-9-24(10-3-20)40-31(30(39)36-14-12-34-13-15-36)17-28(38)37(19-21-4-6-22(32)7-5-21)29(31)26-18-35-27-16-23(33)8-11-25(26)27/h2-11,16,18,29,34-35H,12-15,17,19H2,1H3. The van der Waals surface area contributed by atoms with Crippen LogP contribution in [0.4, 0.5) is 0 Å². The van der Waals surface area contributed by atoms with E-state index in [0.717, 1.165) is 50.1 Å². The number of fused-ring (bicyclic) bond motifs is 1. The van der Waals surface area contributed by atoms with Crippen molar-refractivity contribution in [2.24, 2.45) is 0 Å². The van der Waals surface area contributed by atoms with Crippen LogP contribution in [-0.4, -0.2) is 57.5 Å². The number of hydrogen-bond acceptors (Lipinski definition) is 4. The summed E-state index contributed by atoms with van der Waals surface area (Å²) < 4.78 is -0.0689. The number of H-pyrrole nitrogens is 1. The highest BCUT2D eigenvalue weighted by Crippen LogP contribution is 2.55. The number of hydrogen-bond donors (Lipinski definition) is 2. The van der Waals surface area contributed by atoms with E-state index in [9.17, 15) is 9.59 Å². The monoisotopic (exact) mass is 636 g/mol. The lowest BCUT2D eigenvalue weighted by Gasteiger charge is -2.40. The smallest absolute Gasteiger partial charge is 0.242 e. The van der Waals surface area contributed by atoms with E-state index in [2.05, 4.69) is 57.4 Å². The third-order valence-corrected chi connectivity index (χ3v) is 9.99. The predicted molar refractivity (Wildman–Crippen MR) is 165 cm³/mol. The van der Waals surface area contributed by atoms with Crippen LogP contribution in [0.3, 0.4) is 0 Å². The van der Waals surface area contributed by atoms with E-state index < -0.39 is 10.8 Å². The molecule has 6 nitrogen and oxygen atoms in total. The van der Waals surface area contributed by atoms with Crippen LogP contribution in [0, 0.1) is 6.92 Å². The maximum Gasteiger partial charge on any atom is 0.242 e. The normalized spacial score (nSPS) is 21.4. The van der Waals surface area contributed by atoms with E-state index in [0.29, 0.717) is 24.7 Å². The van der Waals surface area contributed by atoms with Gasteiger partial charge in [0.25, 0.3) is 0 Å². The van der Waals surface area contributed by atoms with Crippen LogP contribution in [0.15, 0.2) is 82.3 Å². The molecule has 3 heterocycles. The Morgan fingerprint density at radius 2 is 1.80 bits per heavy atom. The number of carbonyl (C=O) groups is 2. The molecule has 2 aliphatic rings. The molecule has 2 aliphatic heterocycles. The summed E-state index contributed by atoms with van der Waals surface area (Å²) in [5.74, 6) is -0.0149. The van der Waals surface area contributed by atoms with E-state index in [1.165, 1.54) is 11.8 Å². The van der Waals surface area contributed by atoms with Gasteiger partial charge in [0.2, 0.25) is 11.8 Å². The second-order valence-electron chi connectivity index (χ2n) is 10.5. The molecule has 2 N–H and O–H groups in total. The molecule has 1 aromatic heterocycles. The minimum absolute atomic E-state index is 0.0135. The SMILES string of the molecule is Cc1ccc(SC2(C(=O)N3CCNCC3)CC(=O)N(Cc3ccc(Br)cc3)C2c2c[nH]c3cc(Cl)ccc23)cc1. The van der Waals surface area contributed by atoms with Gasteiger partial charge in [0.15, 0.2) is 0 Å². The maximum atomic E-state index is 14.7. The molecular formula is C31H30BrClN4O2S. The van der Waals surface area contributed by atoms with Crippen LogP contribution >= 0.6 is 39.3 Å². The third-order valence-electron chi connectivity index (χ3n) is 7.81. The molecule has 2 amide bonds. The van der Waals surface area contributed by atoms with Crippen LogP contribution in [0.25, 0.3) is 10.9 Å². The van der Waals surface area contributed by atoms with Gasteiger partial charge in [-0.2, -0.15) is 0 Å². The van der Waals surface area contributed by atoms with Gasteiger partial charge in [0.1, 0.15) is 4.75 Å². The fraction of sp³-hybridized carbons (Fsp3) is 0.290. The number of carbonyl (C=O) groups excluding carboxylic acids is 2. The summed E-state index contributed by atoms with van der Waals surface area (Å²) in [5, 5.41) is 4.95. The molecule has 9 heteroatoms. The van der Waals surface area contributed by atoms with E-state index in [-0.39, 0.29) is 18.2 Å². The lowest BCUT2D eigenvalue weighted by Crippen LogP contribution is -2.55. The topological polar surface area (TPSA) is 68.4 Å². The first-order chi connectivity index (χ1) is 19.3. The van der Waals surface area contributed by atoms with Crippen molar-refractivity contribution in [3.8, 4) is 0 Å².